The molecule has 3 nitrogen and oxygen atoms in total. The number of aliphatic hydroxyl groups is 1. The maximum atomic E-state index is 10.4. The Kier molecular flexibility index (Phi) is 4.62. The van der Waals surface area contributed by atoms with Crippen molar-refractivity contribution in [3.63, 3.8) is 0 Å². The molecule has 0 bridgehead atoms. The number of halogens is 2. The molecule has 0 saturated carbocycles. The van der Waals surface area contributed by atoms with Gasteiger partial charge in [0, 0.05) is 6.54 Å². The molecule has 92 valence electrons. The molecule has 0 spiro atoms. The number of rotatable bonds is 4. The summed E-state index contributed by atoms with van der Waals surface area (Å²) in [6.07, 6.45) is 2.12. The third-order valence-corrected chi connectivity index (χ3v) is 4.85. The number of hydrogen-bond donors (Lipinski definition) is 1. The fraction of sp³-hybridized carbons (Fsp3) is 0.364. The second kappa shape index (κ2) is 5.81. The van der Waals surface area contributed by atoms with E-state index >= 15 is 0 Å². The molecule has 0 aromatic carbocycles. The predicted octanol–water partition coefficient (Wildman–Crippen LogP) is 3.80. The van der Waals surface area contributed by atoms with Crippen LogP contribution in [0, 0.1) is 2.88 Å². The molecule has 6 heteroatoms. The van der Waals surface area contributed by atoms with Crippen LogP contribution >= 0.6 is 49.9 Å². The average Bonchev–Trinajstić information content (AvgIpc) is 2.86. The van der Waals surface area contributed by atoms with Gasteiger partial charge in [0.25, 0.3) is 0 Å². The van der Waals surface area contributed by atoms with E-state index in [9.17, 15) is 5.11 Å². The van der Waals surface area contributed by atoms with Crippen LogP contribution in [0.4, 0.5) is 0 Å². The molecule has 1 unspecified atom stereocenters. The fourth-order valence-corrected chi connectivity index (χ4v) is 3.56. The van der Waals surface area contributed by atoms with Crippen LogP contribution < -0.4 is 0 Å². The van der Waals surface area contributed by atoms with E-state index in [2.05, 4.69) is 50.5 Å². The summed E-state index contributed by atoms with van der Waals surface area (Å²) in [6, 6.07) is 2.01. The van der Waals surface area contributed by atoms with Gasteiger partial charge in [-0.15, -0.1) is 11.3 Å². The largest absolute Gasteiger partial charge is 0.382 e. The molecule has 2 heterocycles. The molecule has 1 N–H and O–H groups in total. The van der Waals surface area contributed by atoms with E-state index in [1.165, 1.54) is 2.88 Å². The maximum absolute atomic E-state index is 10.4. The molecule has 0 saturated heterocycles. The zero-order valence-electron chi connectivity index (χ0n) is 9.23. The van der Waals surface area contributed by atoms with Crippen molar-refractivity contribution in [3.8, 4) is 0 Å². The summed E-state index contributed by atoms with van der Waals surface area (Å²) in [5.74, 6) is 0. The molecule has 2 aromatic rings. The van der Waals surface area contributed by atoms with Gasteiger partial charge in [-0.05, 0) is 62.0 Å². The monoisotopic (exact) mass is 426 g/mol. The standard InChI is InChI=1S/C11H12BrIN2OS/c1-2-3-15-10(8(12)5-14-15)11(16)7-4-9(13)17-6-7/h4-6,11,16H,2-3H2,1H3. The average molecular weight is 427 g/mol. The van der Waals surface area contributed by atoms with E-state index in [0.29, 0.717) is 0 Å². The SMILES string of the molecule is CCCn1ncc(Br)c1C(O)c1csc(I)c1. The first kappa shape index (κ1) is 13.5. The molecule has 0 radical (unpaired) electrons. The highest BCUT2D eigenvalue weighted by molar-refractivity contribution is 14.1. The van der Waals surface area contributed by atoms with Crippen LogP contribution in [0.1, 0.15) is 30.7 Å². The van der Waals surface area contributed by atoms with Crippen molar-refractivity contribution in [2.75, 3.05) is 0 Å². The molecule has 17 heavy (non-hydrogen) atoms. The van der Waals surface area contributed by atoms with Crippen molar-refractivity contribution in [1.29, 1.82) is 0 Å². The topological polar surface area (TPSA) is 38.0 Å². The van der Waals surface area contributed by atoms with Gasteiger partial charge < -0.3 is 5.11 Å². The zero-order chi connectivity index (χ0) is 12.4. The van der Waals surface area contributed by atoms with Crippen LogP contribution in [0.3, 0.4) is 0 Å². The Hall–Kier alpha value is 0.0800. The summed E-state index contributed by atoms with van der Waals surface area (Å²) in [5, 5.41) is 16.7. The van der Waals surface area contributed by atoms with Gasteiger partial charge in [-0.25, -0.2) is 0 Å². The van der Waals surface area contributed by atoms with Crippen molar-refractivity contribution >= 4 is 49.9 Å². The Morgan fingerprint density at radius 1 is 1.65 bits per heavy atom. The second-order valence-corrected chi connectivity index (χ2v) is 7.35. The van der Waals surface area contributed by atoms with Gasteiger partial charge in [0.2, 0.25) is 0 Å². The Labute approximate surface area is 126 Å². The van der Waals surface area contributed by atoms with Crippen molar-refractivity contribution in [3.05, 3.63) is 36.3 Å². The number of thiophene rings is 1. The first-order valence-electron chi connectivity index (χ1n) is 5.26. The van der Waals surface area contributed by atoms with Gasteiger partial charge in [-0.3, -0.25) is 4.68 Å². The normalized spacial score (nSPS) is 12.9. The molecule has 2 rings (SSSR count). The minimum atomic E-state index is -0.613. The second-order valence-electron chi connectivity index (χ2n) is 3.69. The van der Waals surface area contributed by atoms with Gasteiger partial charge in [0.15, 0.2) is 0 Å². The summed E-state index contributed by atoms with van der Waals surface area (Å²) >= 11 is 7.35. The van der Waals surface area contributed by atoms with Gasteiger partial charge >= 0.3 is 0 Å². The van der Waals surface area contributed by atoms with Gasteiger partial charge in [0.05, 0.1) is 19.2 Å². The lowest BCUT2D eigenvalue weighted by atomic mass is 10.1. The highest BCUT2D eigenvalue weighted by Crippen LogP contribution is 2.31. The minimum Gasteiger partial charge on any atom is -0.382 e. The van der Waals surface area contributed by atoms with E-state index in [-0.39, 0.29) is 0 Å². The van der Waals surface area contributed by atoms with Crippen LogP contribution in [-0.2, 0) is 6.54 Å². The minimum absolute atomic E-state index is 0.613. The number of aliphatic hydroxyl groups excluding tert-OH is 1. The van der Waals surface area contributed by atoms with Crippen LogP contribution in [0.2, 0.25) is 0 Å². The lowest BCUT2D eigenvalue weighted by Gasteiger charge is -2.12. The molecule has 0 aliphatic heterocycles. The number of aromatic nitrogens is 2. The van der Waals surface area contributed by atoms with Crippen LogP contribution in [0.25, 0.3) is 0 Å². The van der Waals surface area contributed by atoms with E-state index in [1.807, 2.05) is 16.1 Å². The highest BCUT2D eigenvalue weighted by Gasteiger charge is 2.20. The quantitative estimate of drug-likeness (QED) is 0.755. The molecule has 0 amide bonds. The van der Waals surface area contributed by atoms with Crippen LogP contribution in [-0.4, -0.2) is 14.9 Å². The molecule has 2 aromatic heterocycles. The third-order valence-electron chi connectivity index (χ3n) is 2.43. The Morgan fingerprint density at radius 3 is 3.00 bits per heavy atom. The van der Waals surface area contributed by atoms with E-state index in [4.69, 9.17) is 0 Å². The van der Waals surface area contributed by atoms with Crippen molar-refractivity contribution in [2.45, 2.75) is 26.0 Å². The maximum Gasteiger partial charge on any atom is 0.123 e. The third kappa shape index (κ3) is 2.91. The first-order chi connectivity index (χ1) is 8.13. The van der Waals surface area contributed by atoms with Crippen molar-refractivity contribution in [1.82, 2.24) is 9.78 Å². The zero-order valence-corrected chi connectivity index (χ0v) is 13.8. The van der Waals surface area contributed by atoms with Gasteiger partial charge in [-0.1, -0.05) is 6.92 Å². The lowest BCUT2D eigenvalue weighted by Crippen LogP contribution is -2.10. The fourth-order valence-electron chi connectivity index (χ4n) is 1.66. The lowest BCUT2D eigenvalue weighted by molar-refractivity contribution is 0.207. The van der Waals surface area contributed by atoms with Gasteiger partial charge in [-0.2, -0.15) is 5.10 Å². The van der Waals surface area contributed by atoms with Crippen LogP contribution in [0.5, 0.6) is 0 Å². The Morgan fingerprint density at radius 2 is 2.41 bits per heavy atom. The first-order valence-corrected chi connectivity index (χ1v) is 8.01. The summed E-state index contributed by atoms with van der Waals surface area (Å²) in [4.78, 5) is 0. The smallest absolute Gasteiger partial charge is 0.123 e. The summed E-state index contributed by atoms with van der Waals surface area (Å²) < 4.78 is 3.90. The molecule has 0 fully saturated rings. The Balaban J connectivity index is 2.35. The Bertz CT molecular complexity index is 511. The number of hydrogen-bond acceptors (Lipinski definition) is 3. The summed E-state index contributed by atoms with van der Waals surface area (Å²) in [5.41, 5.74) is 1.76. The van der Waals surface area contributed by atoms with E-state index in [0.717, 1.165) is 28.7 Å². The molecular weight excluding hydrogens is 415 g/mol. The van der Waals surface area contributed by atoms with E-state index < -0.39 is 6.10 Å². The highest BCUT2D eigenvalue weighted by atomic mass is 127. The predicted molar refractivity (Wildman–Crippen MR) is 81.3 cm³/mol. The number of nitrogens with zero attached hydrogens (tertiary/aromatic N) is 2. The molecule has 0 aliphatic rings. The van der Waals surface area contributed by atoms with Crippen molar-refractivity contribution in [2.24, 2.45) is 0 Å². The summed E-state index contributed by atoms with van der Waals surface area (Å²) in [6.45, 7) is 2.92. The van der Waals surface area contributed by atoms with E-state index in [1.54, 1.807) is 17.5 Å². The number of aryl methyl sites for hydroxylation is 1. The summed E-state index contributed by atoms with van der Waals surface area (Å²) in [7, 11) is 0. The molecule has 1 atom stereocenters. The molecule has 0 aliphatic carbocycles. The van der Waals surface area contributed by atoms with Crippen molar-refractivity contribution < 1.29 is 5.11 Å². The van der Waals surface area contributed by atoms with Gasteiger partial charge in [0.1, 0.15) is 6.10 Å². The molecular formula is C11H12BrIN2OS. The van der Waals surface area contributed by atoms with Crippen LogP contribution in [0.15, 0.2) is 22.1 Å².